The molecule has 1 aromatic heterocycles. The van der Waals surface area contributed by atoms with Crippen LogP contribution in [0.2, 0.25) is 0 Å². The van der Waals surface area contributed by atoms with Crippen molar-refractivity contribution < 1.29 is 32.3 Å². The molecule has 12 heteroatoms. The number of amides is 3. The van der Waals surface area contributed by atoms with Gasteiger partial charge in [0.1, 0.15) is 11.8 Å². The number of nitrogens with zero attached hydrogens (tertiary/aromatic N) is 1. The number of benzene rings is 2. The van der Waals surface area contributed by atoms with E-state index in [-0.39, 0.29) is 17.8 Å². The number of sulfone groups is 1. The topological polar surface area (TPSA) is 178 Å². The van der Waals surface area contributed by atoms with Crippen LogP contribution in [0.1, 0.15) is 75.2 Å². The summed E-state index contributed by atoms with van der Waals surface area (Å²) in [5.74, 6) is -4.19. The number of epoxide rings is 1. The van der Waals surface area contributed by atoms with Gasteiger partial charge < -0.3 is 21.1 Å². The minimum atomic E-state index is -3.99. The molecule has 0 spiro atoms. The van der Waals surface area contributed by atoms with Crippen LogP contribution in [0.25, 0.3) is 11.1 Å². The second-order valence-corrected chi connectivity index (χ2v) is 15.2. The number of carbonyl (C=O) groups excluding carboxylic acids is 4. The number of carbonyl (C=O) groups is 4. The number of primary amides is 1. The van der Waals surface area contributed by atoms with E-state index in [4.69, 9.17) is 10.5 Å². The lowest BCUT2D eigenvalue weighted by Gasteiger charge is -2.35. The van der Waals surface area contributed by atoms with Crippen molar-refractivity contribution in [3.63, 3.8) is 0 Å². The molecule has 3 aromatic rings. The van der Waals surface area contributed by atoms with Gasteiger partial charge in [-0.3, -0.25) is 24.2 Å². The maximum absolute atomic E-state index is 14.4. The van der Waals surface area contributed by atoms with Gasteiger partial charge in [-0.05, 0) is 56.0 Å². The van der Waals surface area contributed by atoms with Crippen LogP contribution in [-0.2, 0) is 29.0 Å². The Kier molecular flexibility index (Phi) is 10.4. The molecule has 4 N–H and O–H groups in total. The summed E-state index contributed by atoms with van der Waals surface area (Å²) in [5, 5.41) is 5.29. The lowest BCUT2D eigenvalue weighted by Crippen LogP contribution is -2.64. The SMILES string of the molecule is CCCCCC(=O)C(c1ccccc1-c1ccccc1)[C@]1(NC(=O)[C@@H](NC(=O)c2cccnc2)C(C)(C)S(C)(=O)=O)O[C@]1(C)C(N)=O. The van der Waals surface area contributed by atoms with Crippen LogP contribution in [0, 0.1) is 0 Å². The van der Waals surface area contributed by atoms with Crippen molar-refractivity contribution in [1.29, 1.82) is 0 Å². The number of ketones is 1. The van der Waals surface area contributed by atoms with E-state index in [1.54, 1.807) is 12.1 Å². The number of aromatic nitrogens is 1. The Hall–Kier alpha value is -4.42. The third-order valence-electron chi connectivity index (χ3n) is 9.04. The number of nitrogens with one attached hydrogen (secondary N) is 2. The predicted octanol–water partition coefficient (Wildman–Crippen LogP) is 3.69. The molecule has 0 bridgehead atoms. The van der Waals surface area contributed by atoms with Crippen molar-refractivity contribution in [3.8, 4) is 11.1 Å². The maximum atomic E-state index is 14.4. The standard InChI is InChI=1S/C35H42N4O7S/c1-6-7-9-20-27(40)28(26-19-13-12-18-25(26)23-15-10-8-11-16-23)35(34(4,46-35)32(36)43)39-31(42)29(33(2,3)47(5,44)45)38-30(41)24-17-14-21-37-22-24/h8,10-19,21-22,28-29H,6-7,9,20H2,1-5H3,(H2,36,43)(H,38,41)(H,39,42)/t28?,29-,34-,35+/m1/s1. The Morgan fingerprint density at radius 2 is 1.64 bits per heavy atom. The predicted molar refractivity (Wildman–Crippen MR) is 178 cm³/mol. The van der Waals surface area contributed by atoms with E-state index in [2.05, 4.69) is 15.6 Å². The molecule has 1 unspecified atom stereocenters. The number of hydrogen-bond donors (Lipinski definition) is 3. The van der Waals surface area contributed by atoms with E-state index in [9.17, 15) is 27.6 Å². The second-order valence-electron chi connectivity index (χ2n) is 12.6. The molecule has 0 aliphatic carbocycles. The first-order valence-corrected chi connectivity index (χ1v) is 17.4. The largest absolute Gasteiger partial charge is 0.367 e. The average molecular weight is 663 g/mol. The Morgan fingerprint density at radius 1 is 0.979 bits per heavy atom. The van der Waals surface area contributed by atoms with Gasteiger partial charge in [0, 0.05) is 25.1 Å². The first kappa shape index (κ1) is 35.4. The summed E-state index contributed by atoms with van der Waals surface area (Å²) >= 11 is 0. The first-order chi connectivity index (χ1) is 22.1. The monoisotopic (exact) mass is 662 g/mol. The van der Waals surface area contributed by atoms with Gasteiger partial charge in [0.05, 0.1) is 16.2 Å². The fourth-order valence-corrected chi connectivity index (χ4v) is 6.35. The first-order valence-electron chi connectivity index (χ1n) is 15.5. The molecule has 3 amide bonds. The van der Waals surface area contributed by atoms with Crippen LogP contribution < -0.4 is 16.4 Å². The number of nitrogens with two attached hydrogens (primary N) is 1. The van der Waals surface area contributed by atoms with Gasteiger partial charge in [-0.25, -0.2) is 8.42 Å². The highest BCUT2D eigenvalue weighted by Crippen LogP contribution is 2.56. The van der Waals surface area contributed by atoms with Gasteiger partial charge in [0.15, 0.2) is 21.2 Å². The molecule has 1 fully saturated rings. The summed E-state index contributed by atoms with van der Waals surface area (Å²) in [5.41, 5.74) is 4.05. The lowest BCUT2D eigenvalue weighted by atomic mass is 9.77. The fraction of sp³-hybridized carbons (Fsp3) is 0.400. The van der Waals surface area contributed by atoms with Crippen LogP contribution in [0.4, 0.5) is 0 Å². The molecular formula is C35H42N4O7S. The molecule has 2 heterocycles. The molecule has 4 atom stereocenters. The number of rotatable bonds is 15. The Balaban J connectivity index is 1.87. The summed E-state index contributed by atoms with van der Waals surface area (Å²) in [6, 6.07) is 17.8. The molecule has 1 saturated heterocycles. The summed E-state index contributed by atoms with van der Waals surface area (Å²) in [4.78, 5) is 58.9. The lowest BCUT2D eigenvalue weighted by molar-refractivity contribution is -0.128. The molecule has 4 rings (SSSR count). The summed E-state index contributed by atoms with van der Waals surface area (Å²) in [6.45, 7) is 6.01. The Bertz CT molecular complexity index is 1750. The van der Waals surface area contributed by atoms with Gasteiger partial charge in [-0.1, -0.05) is 74.4 Å². The molecule has 0 saturated carbocycles. The average Bonchev–Trinajstić information content (AvgIpc) is 3.64. The smallest absolute Gasteiger partial charge is 0.254 e. The van der Waals surface area contributed by atoms with Crippen molar-refractivity contribution >= 4 is 33.3 Å². The van der Waals surface area contributed by atoms with Gasteiger partial charge in [-0.2, -0.15) is 0 Å². The molecule has 47 heavy (non-hydrogen) atoms. The quantitative estimate of drug-likeness (QED) is 0.163. The van der Waals surface area contributed by atoms with Gasteiger partial charge in [0.2, 0.25) is 5.91 Å². The minimum absolute atomic E-state index is 0.0923. The van der Waals surface area contributed by atoms with Gasteiger partial charge in [-0.15, -0.1) is 0 Å². The molecule has 1 aliphatic rings. The molecule has 1 aliphatic heterocycles. The van der Waals surface area contributed by atoms with Crippen LogP contribution in [0.5, 0.6) is 0 Å². The third-order valence-corrected chi connectivity index (χ3v) is 11.2. The highest BCUT2D eigenvalue weighted by Gasteiger charge is 2.77. The van der Waals surface area contributed by atoms with Gasteiger partial charge >= 0.3 is 0 Å². The second kappa shape index (κ2) is 13.7. The number of unbranched alkanes of at least 4 members (excludes halogenated alkanes) is 2. The molecular weight excluding hydrogens is 620 g/mol. The Morgan fingerprint density at radius 3 is 2.21 bits per heavy atom. The molecule has 250 valence electrons. The zero-order valence-electron chi connectivity index (χ0n) is 27.3. The maximum Gasteiger partial charge on any atom is 0.254 e. The van der Waals surface area contributed by atoms with Crippen molar-refractivity contribution in [2.24, 2.45) is 5.73 Å². The van der Waals surface area contributed by atoms with E-state index < -0.39 is 55.6 Å². The normalized spacial score (nSPS) is 20.4. The fourth-order valence-electron chi connectivity index (χ4n) is 5.76. The minimum Gasteiger partial charge on any atom is -0.367 e. The van der Waals surface area contributed by atoms with Crippen LogP contribution in [-0.4, -0.2) is 65.3 Å². The van der Waals surface area contributed by atoms with E-state index in [1.165, 1.54) is 45.3 Å². The summed E-state index contributed by atoms with van der Waals surface area (Å²) in [7, 11) is -3.99. The van der Waals surface area contributed by atoms with Crippen molar-refractivity contribution in [2.75, 3.05) is 6.26 Å². The van der Waals surface area contributed by atoms with Crippen molar-refractivity contribution in [2.45, 2.75) is 81.4 Å². The highest BCUT2D eigenvalue weighted by molar-refractivity contribution is 7.92. The van der Waals surface area contributed by atoms with E-state index in [1.807, 2.05) is 49.4 Å². The zero-order chi connectivity index (χ0) is 34.6. The summed E-state index contributed by atoms with van der Waals surface area (Å²) < 4.78 is 30.3. The molecule has 2 aromatic carbocycles. The van der Waals surface area contributed by atoms with Crippen LogP contribution in [0.15, 0.2) is 79.1 Å². The van der Waals surface area contributed by atoms with E-state index in [0.29, 0.717) is 17.5 Å². The van der Waals surface area contributed by atoms with Crippen LogP contribution in [0.3, 0.4) is 0 Å². The van der Waals surface area contributed by atoms with Gasteiger partial charge in [0.25, 0.3) is 11.8 Å². The molecule has 11 nitrogen and oxygen atoms in total. The number of ether oxygens (including phenoxy) is 1. The molecule has 0 radical (unpaired) electrons. The Labute approximate surface area is 275 Å². The van der Waals surface area contributed by atoms with E-state index >= 15 is 0 Å². The number of pyridine rings is 1. The van der Waals surface area contributed by atoms with Crippen LogP contribution >= 0.6 is 0 Å². The van der Waals surface area contributed by atoms with E-state index in [0.717, 1.165) is 24.7 Å². The number of hydrogen-bond acceptors (Lipinski definition) is 8. The summed E-state index contributed by atoms with van der Waals surface area (Å²) in [6.07, 6.45) is 6.00. The zero-order valence-corrected chi connectivity index (χ0v) is 28.1. The van der Waals surface area contributed by atoms with Crippen molar-refractivity contribution in [3.05, 3.63) is 90.3 Å². The highest BCUT2D eigenvalue weighted by atomic mass is 32.2. The number of Topliss-reactive ketones (excluding diaryl/α,β-unsaturated/α-hetero) is 1. The van der Waals surface area contributed by atoms with Crippen molar-refractivity contribution in [1.82, 2.24) is 15.6 Å². The third kappa shape index (κ3) is 6.98.